The highest BCUT2D eigenvalue weighted by molar-refractivity contribution is 7.09. The van der Waals surface area contributed by atoms with Crippen LogP contribution in [0.3, 0.4) is 0 Å². The Morgan fingerprint density at radius 1 is 1.28 bits per heavy atom. The molecule has 2 aromatic heterocycles. The Kier molecular flexibility index (Phi) is 5.11. The van der Waals surface area contributed by atoms with Gasteiger partial charge >= 0.3 is 0 Å². The van der Waals surface area contributed by atoms with Crippen LogP contribution in [0.25, 0.3) is 0 Å². The van der Waals surface area contributed by atoms with Crippen LogP contribution in [-0.4, -0.2) is 21.3 Å². The lowest BCUT2D eigenvalue weighted by Gasteiger charge is -2.25. The third-order valence-corrected chi connectivity index (χ3v) is 4.69. The van der Waals surface area contributed by atoms with Gasteiger partial charge in [0.1, 0.15) is 11.6 Å². The highest BCUT2D eigenvalue weighted by Gasteiger charge is 2.30. The molecule has 25 heavy (non-hydrogen) atoms. The van der Waals surface area contributed by atoms with Gasteiger partial charge in [-0.3, -0.25) is 4.79 Å². The van der Waals surface area contributed by atoms with Crippen molar-refractivity contribution in [1.29, 1.82) is 0 Å². The van der Waals surface area contributed by atoms with Crippen LogP contribution in [0.5, 0.6) is 5.75 Å². The van der Waals surface area contributed by atoms with Gasteiger partial charge in [0.15, 0.2) is 5.60 Å². The first-order valence-corrected chi connectivity index (χ1v) is 9.00. The largest absolute Gasteiger partial charge is 0.478 e. The summed E-state index contributed by atoms with van der Waals surface area (Å²) in [5.41, 5.74) is -1.05. The predicted molar refractivity (Wildman–Crippen MR) is 100 cm³/mol. The topological polar surface area (TPSA) is 56.1 Å². The summed E-state index contributed by atoms with van der Waals surface area (Å²) in [5.74, 6) is 0.957. The highest BCUT2D eigenvalue weighted by atomic mass is 35.5. The zero-order chi connectivity index (χ0) is 17.9. The fraction of sp³-hybridized carbons (Fsp3) is 0.222. The molecule has 0 aliphatic rings. The molecule has 0 saturated carbocycles. The second-order valence-corrected chi connectivity index (χ2v) is 7.44. The number of anilines is 1. The third-order valence-electron chi connectivity index (χ3n) is 3.58. The van der Waals surface area contributed by atoms with E-state index in [1.165, 1.54) is 0 Å². The van der Waals surface area contributed by atoms with Crippen molar-refractivity contribution in [3.05, 3.63) is 63.9 Å². The fourth-order valence-electron chi connectivity index (χ4n) is 2.23. The van der Waals surface area contributed by atoms with Gasteiger partial charge in [0.2, 0.25) is 0 Å². The van der Waals surface area contributed by atoms with Gasteiger partial charge in [-0.1, -0.05) is 17.7 Å². The van der Waals surface area contributed by atoms with Crippen LogP contribution in [0.4, 0.5) is 5.82 Å². The van der Waals surface area contributed by atoms with Gasteiger partial charge in [-0.25, -0.2) is 4.68 Å². The molecule has 1 N–H and O–H groups in total. The molecule has 0 spiro atoms. The molecular weight excluding hydrogens is 358 g/mol. The monoisotopic (exact) mass is 375 g/mol. The Morgan fingerprint density at radius 2 is 2.04 bits per heavy atom. The number of ether oxygens (including phenoxy) is 1. The lowest BCUT2D eigenvalue weighted by atomic mass is 10.1. The smallest absolute Gasteiger partial charge is 0.269 e. The van der Waals surface area contributed by atoms with E-state index in [1.807, 2.05) is 17.5 Å². The van der Waals surface area contributed by atoms with Crippen LogP contribution < -0.4 is 10.1 Å². The van der Waals surface area contributed by atoms with E-state index in [4.69, 9.17) is 16.3 Å². The molecule has 5 nitrogen and oxygen atoms in total. The number of hydrogen-bond acceptors (Lipinski definition) is 4. The maximum absolute atomic E-state index is 12.7. The van der Waals surface area contributed by atoms with E-state index in [2.05, 4.69) is 10.4 Å². The van der Waals surface area contributed by atoms with Crippen LogP contribution in [0, 0.1) is 0 Å². The molecule has 7 heteroatoms. The van der Waals surface area contributed by atoms with Crippen molar-refractivity contribution in [2.75, 3.05) is 5.32 Å². The van der Waals surface area contributed by atoms with Crippen LogP contribution in [0.15, 0.2) is 54.0 Å². The molecule has 0 fully saturated rings. The Balaban J connectivity index is 1.69. The van der Waals surface area contributed by atoms with E-state index in [-0.39, 0.29) is 5.91 Å². The summed E-state index contributed by atoms with van der Waals surface area (Å²) < 4.78 is 7.57. The van der Waals surface area contributed by atoms with E-state index in [9.17, 15) is 4.79 Å². The number of carbonyl (C=O) groups excluding carboxylic acids is 1. The highest BCUT2D eigenvalue weighted by Crippen LogP contribution is 2.22. The number of hydrogen-bond donors (Lipinski definition) is 1. The Hall–Kier alpha value is -2.31. The van der Waals surface area contributed by atoms with E-state index >= 15 is 0 Å². The molecule has 0 saturated heterocycles. The fourth-order valence-corrected chi connectivity index (χ4v) is 3.04. The summed E-state index contributed by atoms with van der Waals surface area (Å²) in [7, 11) is 0. The van der Waals surface area contributed by atoms with Crippen molar-refractivity contribution in [3.63, 3.8) is 0 Å². The van der Waals surface area contributed by atoms with Gasteiger partial charge in [-0.05, 0) is 49.6 Å². The molecule has 0 radical (unpaired) electrons. The number of halogens is 1. The first kappa shape index (κ1) is 17.5. The van der Waals surface area contributed by atoms with E-state index in [1.54, 1.807) is 66.4 Å². The number of aromatic nitrogens is 2. The summed E-state index contributed by atoms with van der Waals surface area (Å²) in [6, 6.07) is 12.7. The number of carbonyl (C=O) groups is 1. The quantitative estimate of drug-likeness (QED) is 0.692. The number of nitrogens with one attached hydrogen (secondary N) is 1. The van der Waals surface area contributed by atoms with Gasteiger partial charge < -0.3 is 10.1 Å². The standard InChI is InChI=1S/C18H18ClN3O2S/c1-18(2,24-14-7-5-13(19)6-8-14)17(23)21-16-9-10-20-22(16)12-15-4-3-11-25-15/h3-11H,12H2,1-2H3,(H,21,23). The molecule has 3 aromatic rings. The van der Waals surface area contributed by atoms with E-state index in [0.29, 0.717) is 23.1 Å². The molecule has 1 amide bonds. The third kappa shape index (κ3) is 4.41. The van der Waals surface area contributed by atoms with Crippen molar-refractivity contribution in [2.45, 2.75) is 26.0 Å². The minimum Gasteiger partial charge on any atom is -0.478 e. The summed E-state index contributed by atoms with van der Waals surface area (Å²) in [4.78, 5) is 13.8. The van der Waals surface area contributed by atoms with Crippen LogP contribution in [-0.2, 0) is 11.3 Å². The van der Waals surface area contributed by atoms with Gasteiger partial charge in [0, 0.05) is 16.0 Å². The number of amides is 1. The average Bonchev–Trinajstić information content (AvgIpc) is 3.22. The number of thiophene rings is 1. The minimum atomic E-state index is -1.05. The molecule has 0 atom stereocenters. The van der Waals surface area contributed by atoms with E-state index < -0.39 is 5.60 Å². The number of nitrogens with zero attached hydrogens (tertiary/aromatic N) is 2. The zero-order valence-corrected chi connectivity index (χ0v) is 15.5. The lowest BCUT2D eigenvalue weighted by Crippen LogP contribution is -2.43. The Bertz CT molecular complexity index is 842. The van der Waals surface area contributed by atoms with Crippen molar-refractivity contribution < 1.29 is 9.53 Å². The summed E-state index contributed by atoms with van der Waals surface area (Å²) >= 11 is 7.52. The van der Waals surface area contributed by atoms with Crippen molar-refractivity contribution in [3.8, 4) is 5.75 Å². The van der Waals surface area contributed by atoms with E-state index in [0.717, 1.165) is 4.88 Å². The molecular formula is C18H18ClN3O2S. The van der Waals surface area contributed by atoms with Crippen LogP contribution >= 0.6 is 22.9 Å². The molecule has 130 valence electrons. The van der Waals surface area contributed by atoms with Gasteiger partial charge in [-0.15, -0.1) is 11.3 Å². The summed E-state index contributed by atoms with van der Waals surface area (Å²) in [5, 5.41) is 9.79. The van der Waals surface area contributed by atoms with Crippen LogP contribution in [0.1, 0.15) is 18.7 Å². The lowest BCUT2D eigenvalue weighted by molar-refractivity contribution is -0.128. The molecule has 0 bridgehead atoms. The zero-order valence-electron chi connectivity index (χ0n) is 13.9. The van der Waals surface area contributed by atoms with Crippen molar-refractivity contribution >= 4 is 34.7 Å². The summed E-state index contributed by atoms with van der Waals surface area (Å²) in [6.07, 6.45) is 1.66. The molecule has 0 aliphatic heterocycles. The molecule has 0 unspecified atom stereocenters. The van der Waals surface area contributed by atoms with Gasteiger partial charge in [-0.2, -0.15) is 5.10 Å². The molecule has 3 rings (SSSR count). The summed E-state index contributed by atoms with van der Waals surface area (Å²) in [6.45, 7) is 4.05. The molecule has 0 aliphatic carbocycles. The van der Waals surface area contributed by atoms with Gasteiger partial charge in [0.25, 0.3) is 5.91 Å². The van der Waals surface area contributed by atoms with Gasteiger partial charge in [0.05, 0.1) is 12.7 Å². The van der Waals surface area contributed by atoms with Crippen LogP contribution in [0.2, 0.25) is 5.02 Å². The SMILES string of the molecule is CC(C)(Oc1ccc(Cl)cc1)C(=O)Nc1ccnn1Cc1cccs1. The molecule has 1 aromatic carbocycles. The first-order chi connectivity index (χ1) is 11.9. The average molecular weight is 376 g/mol. The maximum Gasteiger partial charge on any atom is 0.269 e. The maximum atomic E-state index is 12.7. The normalized spacial score (nSPS) is 11.3. The van der Waals surface area contributed by atoms with Crippen molar-refractivity contribution in [1.82, 2.24) is 9.78 Å². The first-order valence-electron chi connectivity index (χ1n) is 7.74. The Labute approximate surface area is 155 Å². The molecule has 2 heterocycles. The minimum absolute atomic E-state index is 0.254. The second kappa shape index (κ2) is 7.29. The second-order valence-electron chi connectivity index (χ2n) is 5.97. The number of rotatable bonds is 6. The Morgan fingerprint density at radius 3 is 2.72 bits per heavy atom. The van der Waals surface area contributed by atoms with Crippen molar-refractivity contribution in [2.24, 2.45) is 0 Å². The predicted octanol–water partition coefficient (Wildman–Crippen LogP) is 4.44. The number of benzene rings is 1.